The summed E-state index contributed by atoms with van der Waals surface area (Å²) >= 11 is 7.06. The van der Waals surface area contributed by atoms with Crippen LogP contribution in [0.1, 0.15) is 45.1 Å². The molecule has 4 heterocycles. The highest BCUT2D eigenvalue weighted by Crippen LogP contribution is 2.44. The minimum atomic E-state index is -0.898. The van der Waals surface area contributed by atoms with Gasteiger partial charge in [0.15, 0.2) is 5.15 Å². The number of nitrogens with zero attached hydrogens (tertiary/aromatic N) is 2. The SMILES string of the molecule is O=C(O)c1cc2c(s1)CCOC21CCN(C(=O)CCc2cc(Cl)no2)CC1. The molecule has 1 saturated heterocycles. The summed E-state index contributed by atoms with van der Waals surface area (Å²) < 4.78 is 11.2. The predicted octanol–water partition coefficient (Wildman–Crippen LogP) is 3.11. The van der Waals surface area contributed by atoms with Gasteiger partial charge in [0.05, 0.1) is 12.2 Å². The van der Waals surface area contributed by atoms with Crippen LogP contribution in [-0.2, 0) is 28.0 Å². The van der Waals surface area contributed by atoms with Crippen LogP contribution in [0.2, 0.25) is 5.15 Å². The Morgan fingerprint density at radius 2 is 2.11 bits per heavy atom. The van der Waals surface area contributed by atoms with Crippen molar-refractivity contribution < 1.29 is 24.0 Å². The van der Waals surface area contributed by atoms with E-state index >= 15 is 0 Å². The van der Waals surface area contributed by atoms with E-state index in [4.69, 9.17) is 20.9 Å². The molecule has 0 unspecified atom stereocenters. The summed E-state index contributed by atoms with van der Waals surface area (Å²) in [6.07, 6.45) is 2.91. The Balaban J connectivity index is 1.40. The maximum absolute atomic E-state index is 12.5. The van der Waals surface area contributed by atoms with Gasteiger partial charge in [-0.05, 0) is 24.5 Å². The predicted molar refractivity (Wildman–Crippen MR) is 98.3 cm³/mol. The third-order valence-corrected chi connectivity index (χ3v) is 6.62. The van der Waals surface area contributed by atoms with Gasteiger partial charge in [-0.2, -0.15) is 0 Å². The number of thiophene rings is 1. The maximum Gasteiger partial charge on any atom is 0.345 e. The number of rotatable bonds is 4. The lowest BCUT2D eigenvalue weighted by Crippen LogP contribution is -2.48. The van der Waals surface area contributed by atoms with Gasteiger partial charge in [0.2, 0.25) is 5.91 Å². The number of hydrogen-bond donors (Lipinski definition) is 1. The molecule has 2 aromatic heterocycles. The number of fused-ring (bicyclic) bond motifs is 2. The number of carboxylic acids is 1. The summed E-state index contributed by atoms with van der Waals surface area (Å²) in [5.41, 5.74) is 0.534. The van der Waals surface area contributed by atoms with Gasteiger partial charge in [-0.3, -0.25) is 4.79 Å². The van der Waals surface area contributed by atoms with Crippen molar-refractivity contribution in [2.45, 2.75) is 37.7 Å². The summed E-state index contributed by atoms with van der Waals surface area (Å²) in [4.78, 5) is 27.1. The van der Waals surface area contributed by atoms with Crippen LogP contribution >= 0.6 is 22.9 Å². The number of hydrogen-bond acceptors (Lipinski definition) is 6. The summed E-state index contributed by atoms with van der Waals surface area (Å²) in [6, 6.07) is 3.38. The van der Waals surface area contributed by atoms with E-state index in [0.29, 0.717) is 61.2 Å². The topological polar surface area (TPSA) is 92.9 Å². The van der Waals surface area contributed by atoms with Crippen LogP contribution in [-0.4, -0.2) is 46.7 Å². The Morgan fingerprint density at radius 3 is 2.78 bits per heavy atom. The van der Waals surface area contributed by atoms with Gasteiger partial charge in [-0.15, -0.1) is 11.3 Å². The number of carbonyl (C=O) groups is 2. The highest BCUT2D eigenvalue weighted by atomic mass is 35.5. The number of carboxylic acid groups (broad SMARTS) is 1. The molecule has 4 rings (SSSR count). The first kappa shape index (κ1) is 18.5. The molecule has 1 amide bonds. The van der Waals surface area contributed by atoms with Crippen LogP contribution in [0.15, 0.2) is 16.7 Å². The first-order chi connectivity index (χ1) is 13.0. The van der Waals surface area contributed by atoms with E-state index < -0.39 is 11.6 Å². The van der Waals surface area contributed by atoms with Crippen LogP contribution in [0.5, 0.6) is 0 Å². The second-order valence-corrected chi connectivity index (χ2v) is 8.37. The van der Waals surface area contributed by atoms with Crippen LogP contribution in [0.3, 0.4) is 0 Å². The van der Waals surface area contributed by atoms with Crippen molar-refractivity contribution in [3.63, 3.8) is 0 Å². The second-order valence-electron chi connectivity index (χ2n) is 6.84. The zero-order valence-electron chi connectivity index (χ0n) is 14.6. The average Bonchev–Trinajstić information content (AvgIpc) is 3.28. The van der Waals surface area contributed by atoms with Crippen molar-refractivity contribution in [1.82, 2.24) is 10.1 Å². The molecule has 0 atom stereocenters. The number of aromatic nitrogens is 1. The van der Waals surface area contributed by atoms with Crippen LogP contribution in [0.4, 0.5) is 0 Å². The molecule has 0 radical (unpaired) electrons. The Labute approximate surface area is 164 Å². The van der Waals surface area contributed by atoms with Crippen molar-refractivity contribution in [1.29, 1.82) is 0 Å². The smallest absolute Gasteiger partial charge is 0.345 e. The highest BCUT2D eigenvalue weighted by Gasteiger charge is 2.43. The zero-order chi connectivity index (χ0) is 19.0. The first-order valence-electron chi connectivity index (χ1n) is 8.86. The second kappa shape index (κ2) is 7.26. The van der Waals surface area contributed by atoms with Gasteiger partial charge in [0.25, 0.3) is 0 Å². The van der Waals surface area contributed by atoms with E-state index in [0.717, 1.165) is 16.9 Å². The van der Waals surface area contributed by atoms with Crippen molar-refractivity contribution >= 4 is 34.8 Å². The Morgan fingerprint density at radius 1 is 1.33 bits per heavy atom. The Bertz CT molecular complexity index is 869. The zero-order valence-corrected chi connectivity index (χ0v) is 16.1. The van der Waals surface area contributed by atoms with E-state index in [2.05, 4.69) is 5.16 Å². The molecule has 1 spiro atoms. The number of aryl methyl sites for hydroxylation is 1. The molecule has 1 N–H and O–H groups in total. The van der Waals surface area contributed by atoms with Gasteiger partial charge >= 0.3 is 5.97 Å². The fraction of sp³-hybridized carbons (Fsp3) is 0.500. The quantitative estimate of drug-likeness (QED) is 0.832. The van der Waals surface area contributed by atoms with Crippen LogP contribution in [0.25, 0.3) is 0 Å². The molecule has 0 aliphatic carbocycles. The molecule has 2 aromatic rings. The number of aromatic carboxylic acids is 1. The number of likely N-dealkylation sites (tertiary alicyclic amines) is 1. The average molecular weight is 411 g/mol. The van der Waals surface area contributed by atoms with Gasteiger partial charge in [-0.25, -0.2) is 4.79 Å². The summed E-state index contributed by atoms with van der Waals surface area (Å²) in [5, 5.41) is 13.2. The number of halogens is 1. The molecule has 7 nitrogen and oxygen atoms in total. The van der Waals surface area contributed by atoms with E-state index in [9.17, 15) is 14.7 Å². The largest absolute Gasteiger partial charge is 0.477 e. The van der Waals surface area contributed by atoms with Crippen molar-refractivity contribution in [2.24, 2.45) is 0 Å². The van der Waals surface area contributed by atoms with Gasteiger partial charge in [0.1, 0.15) is 10.6 Å². The normalized spacial score (nSPS) is 18.5. The van der Waals surface area contributed by atoms with Crippen molar-refractivity contribution in [3.05, 3.63) is 38.4 Å². The van der Waals surface area contributed by atoms with Gasteiger partial charge in [0, 0.05) is 43.3 Å². The molecule has 2 aliphatic heterocycles. The summed E-state index contributed by atoms with van der Waals surface area (Å²) in [6.45, 7) is 1.77. The molecule has 0 bridgehead atoms. The number of amides is 1. The van der Waals surface area contributed by atoms with Crippen LogP contribution in [0, 0.1) is 0 Å². The summed E-state index contributed by atoms with van der Waals surface area (Å²) in [7, 11) is 0. The first-order valence-corrected chi connectivity index (χ1v) is 10.1. The van der Waals surface area contributed by atoms with Crippen molar-refractivity contribution in [3.8, 4) is 0 Å². The molecular formula is C18H19ClN2O5S. The van der Waals surface area contributed by atoms with E-state index in [1.165, 1.54) is 11.3 Å². The fourth-order valence-electron chi connectivity index (χ4n) is 3.85. The Hall–Kier alpha value is -1.90. The molecule has 0 saturated carbocycles. The van der Waals surface area contributed by atoms with E-state index in [1.54, 1.807) is 12.1 Å². The van der Waals surface area contributed by atoms with Gasteiger partial charge in [-0.1, -0.05) is 16.8 Å². The molecule has 2 aliphatic rings. The third-order valence-electron chi connectivity index (χ3n) is 5.26. The molecule has 27 heavy (non-hydrogen) atoms. The third kappa shape index (κ3) is 3.61. The number of piperidine rings is 1. The monoisotopic (exact) mass is 410 g/mol. The minimum Gasteiger partial charge on any atom is -0.477 e. The number of ether oxygens (including phenoxy) is 1. The molecule has 144 valence electrons. The molecule has 0 aromatic carbocycles. The summed E-state index contributed by atoms with van der Waals surface area (Å²) in [5.74, 6) is -0.240. The standard InChI is InChI=1S/C18H19ClN2O5S/c19-15-9-11(26-20-15)1-2-16(22)21-6-4-18(5-7-21)12-10-14(17(23)24)27-13(12)3-8-25-18/h9-10H,1-8H2,(H,23,24). The van der Waals surface area contributed by atoms with Gasteiger partial charge < -0.3 is 19.3 Å². The number of carbonyl (C=O) groups excluding carboxylic acids is 1. The Kier molecular flexibility index (Phi) is 4.96. The molecule has 9 heteroatoms. The van der Waals surface area contributed by atoms with E-state index in [1.807, 2.05) is 4.90 Å². The van der Waals surface area contributed by atoms with Crippen LogP contribution < -0.4 is 0 Å². The van der Waals surface area contributed by atoms with Crippen molar-refractivity contribution in [2.75, 3.05) is 19.7 Å². The lowest BCUT2D eigenvalue weighted by atomic mass is 9.82. The maximum atomic E-state index is 12.5. The highest BCUT2D eigenvalue weighted by molar-refractivity contribution is 7.14. The molecule has 1 fully saturated rings. The lowest BCUT2D eigenvalue weighted by molar-refractivity contribution is -0.140. The fourth-order valence-corrected chi connectivity index (χ4v) is 5.07. The van der Waals surface area contributed by atoms with E-state index in [-0.39, 0.29) is 5.91 Å². The minimum absolute atomic E-state index is 0.0601. The lowest BCUT2D eigenvalue weighted by Gasteiger charge is -2.44. The molecular weight excluding hydrogens is 392 g/mol.